The van der Waals surface area contributed by atoms with Crippen molar-refractivity contribution in [1.82, 2.24) is 20.3 Å². The van der Waals surface area contributed by atoms with Crippen LogP contribution in [0.15, 0.2) is 30.6 Å². The molecule has 1 aliphatic rings. The molecule has 0 unspecified atom stereocenters. The van der Waals surface area contributed by atoms with Crippen LogP contribution in [0.4, 0.5) is 17.3 Å². The van der Waals surface area contributed by atoms with Crippen LogP contribution >= 0.6 is 0 Å². The minimum absolute atomic E-state index is 0.257. The number of hydrogen-bond donors (Lipinski definition) is 4. The molecule has 0 atom stereocenters. The number of aromatic nitrogens is 2. The maximum atomic E-state index is 12.3. The third-order valence-electron chi connectivity index (χ3n) is 4.39. The van der Waals surface area contributed by atoms with Gasteiger partial charge in [0.15, 0.2) is 11.6 Å². The van der Waals surface area contributed by atoms with E-state index in [0.29, 0.717) is 29.4 Å². The first-order chi connectivity index (χ1) is 13.1. The summed E-state index contributed by atoms with van der Waals surface area (Å²) in [5.74, 6) is 0.625. The SMILES string of the molecule is Cc1ccccc1C(=O)NNc1ncnc(NCCN2CCOCC2)c1N. The number of nitrogens with two attached hydrogens (primary N) is 1. The number of aryl methyl sites for hydroxylation is 1. The highest BCUT2D eigenvalue weighted by atomic mass is 16.5. The fourth-order valence-corrected chi connectivity index (χ4v) is 2.80. The maximum absolute atomic E-state index is 12.3. The molecule has 1 saturated heterocycles. The average Bonchev–Trinajstić information content (AvgIpc) is 2.69. The first-order valence-corrected chi connectivity index (χ1v) is 8.91. The van der Waals surface area contributed by atoms with Crippen molar-refractivity contribution in [1.29, 1.82) is 0 Å². The summed E-state index contributed by atoms with van der Waals surface area (Å²) >= 11 is 0. The minimum atomic E-state index is -0.257. The van der Waals surface area contributed by atoms with E-state index in [9.17, 15) is 4.79 Å². The zero-order valence-corrected chi connectivity index (χ0v) is 15.4. The molecule has 1 amide bonds. The van der Waals surface area contributed by atoms with E-state index < -0.39 is 0 Å². The maximum Gasteiger partial charge on any atom is 0.269 e. The highest BCUT2D eigenvalue weighted by Gasteiger charge is 2.13. The van der Waals surface area contributed by atoms with E-state index in [-0.39, 0.29) is 5.91 Å². The molecule has 2 aromatic rings. The molecule has 2 heterocycles. The highest BCUT2D eigenvalue weighted by Crippen LogP contribution is 2.21. The van der Waals surface area contributed by atoms with Crippen LogP contribution in [0.5, 0.6) is 0 Å². The smallest absolute Gasteiger partial charge is 0.269 e. The van der Waals surface area contributed by atoms with Gasteiger partial charge in [0.1, 0.15) is 12.0 Å². The van der Waals surface area contributed by atoms with Crippen molar-refractivity contribution in [3.63, 3.8) is 0 Å². The lowest BCUT2D eigenvalue weighted by Crippen LogP contribution is -2.39. The van der Waals surface area contributed by atoms with Gasteiger partial charge < -0.3 is 15.8 Å². The van der Waals surface area contributed by atoms with Gasteiger partial charge in [-0.3, -0.25) is 20.5 Å². The van der Waals surface area contributed by atoms with E-state index >= 15 is 0 Å². The Morgan fingerprint density at radius 1 is 1.22 bits per heavy atom. The predicted molar refractivity (Wildman–Crippen MR) is 104 cm³/mol. The number of ether oxygens (including phenoxy) is 1. The second-order valence-corrected chi connectivity index (χ2v) is 6.26. The first kappa shape index (κ1) is 18.9. The van der Waals surface area contributed by atoms with E-state index in [1.54, 1.807) is 6.07 Å². The fourth-order valence-electron chi connectivity index (χ4n) is 2.80. The largest absolute Gasteiger partial charge is 0.393 e. The molecule has 9 heteroatoms. The van der Waals surface area contributed by atoms with E-state index in [0.717, 1.165) is 38.4 Å². The fraction of sp³-hybridized carbons (Fsp3) is 0.389. The lowest BCUT2D eigenvalue weighted by molar-refractivity contribution is 0.0398. The van der Waals surface area contributed by atoms with E-state index in [1.807, 2.05) is 25.1 Å². The molecular weight excluding hydrogens is 346 g/mol. The Morgan fingerprint density at radius 2 is 1.96 bits per heavy atom. The number of hydrazine groups is 1. The van der Waals surface area contributed by atoms with Gasteiger partial charge in [-0.15, -0.1) is 0 Å². The quantitative estimate of drug-likeness (QED) is 0.530. The Kier molecular flexibility index (Phi) is 6.39. The third-order valence-corrected chi connectivity index (χ3v) is 4.39. The van der Waals surface area contributed by atoms with Crippen LogP contribution in [0.2, 0.25) is 0 Å². The van der Waals surface area contributed by atoms with Crippen LogP contribution < -0.4 is 21.9 Å². The van der Waals surface area contributed by atoms with Gasteiger partial charge in [0, 0.05) is 31.7 Å². The van der Waals surface area contributed by atoms with Crippen LogP contribution in [0.1, 0.15) is 15.9 Å². The molecule has 0 radical (unpaired) electrons. The number of anilines is 3. The predicted octanol–water partition coefficient (Wildman–Crippen LogP) is 0.868. The third kappa shape index (κ3) is 5.05. The Bertz CT molecular complexity index is 778. The highest BCUT2D eigenvalue weighted by molar-refractivity contribution is 5.96. The van der Waals surface area contributed by atoms with Gasteiger partial charge in [-0.25, -0.2) is 9.97 Å². The molecule has 1 aromatic heterocycles. The second-order valence-electron chi connectivity index (χ2n) is 6.26. The Labute approximate surface area is 158 Å². The van der Waals surface area contributed by atoms with Crippen molar-refractivity contribution in [2.75, 3.05) is 55.9 Å². The number of amides is 1. The standard InChI is InChI=1S/C18H25N7O2/c1-13-4-2-3-5-14(13)18(26)24-23-17-15(19)16(21-12-22-17)20-6-7-25-8-10-27-11-9-25/h2-5,12H,6-11,19H2,1H3,(H,24,26)(H2,20,21,22,23). The normalized spacial score (nSPS) is 14.6. The van der Waals surface area contributed by atoms with Gasteiger partial charge in [-0.2, -0.15) is 0 Å². The summed E-state index contributed by atoms with van der Waals surface area (Å²) in [6, 6.07) is 7.34. The zero-order valence-electron chi connectivity index (χ0n) is 15.4. The average molecular weight is 371 g/mol. The first-order valence-electron chi connectivity index (χ1n) is 8.91. The molecule has 5 N–H and O–H groups in total. The summed E-state index contributed by atoms with van der Waals surface area (Å²) in [6.45, 7) is 6.85. The number of nitrogens with one attached hydrogen (secondary N) is 3. The molecule has 1 aromatic carbocycles. The number of carbonyl (C=O) groups is 1. The molecule has 0 saturated carbocycles. The summed E-state index contributed by atoms with van der Waals surface area (Å²) in [7, 11) is 0. The summed E-state index contributed by atoms with van der Waals surface area (Å²) in [6.07, 6.45) is 1.40. The minimum Gasteiger partial charge on any atom is -0.393 e. The summed E-state index contributed by atoms with van der Waals surface area (Å²) in [4.78, 5) is 22.9. The Hall–Kier alpha value is -2.91. The molecule has 1 aliphatic heterocycles. The molecule has 1 fully saturated rings. The van der Waals surface area contributed by atoms with E-state index in [2.05, 4.69) is 31.0 Å². The van der Waals surface area contributed by atoms with Gasteiger partial charge in [-0.1, -0.05) is 18.2 Å². The molecular formula is C18H25N7O2. The van der Waals surface area contributed by atoms with Gasteiger partial charge in [0.25, 0.3) is 5.91 Å². The van der Waals surface area contributed by atoms with E-state index in [4.69, 9.17) is 10.5 Å². The second kappa shape index (κ2) is 9.15. The van der Waals surface area contributed by atoms with Crippen molar-refractivity contribution in [2.45, 2.75) is 6.92 Å². The summed E-state index contributed by atoms with van der Waals surface area (Å²) in [5, 5.41) is 3.22. The van der Waals surface area contributed by atoms with Gasteiger partial charge in [0.2, 0.25) is 0 Å². The lowest BCUT2D eigenvalue weighted by Gasteiger charge is -2.26. The number of carbonyl (C=O) groups excluding carboxylic acids is 1. The molecule has 0 aliphatic carbocycles. The molecule has 3 rings (SSSR count). The van der Waals surface area contributed by atoms with Gasteiger partial charge in [-0.05, 0) is 18.6 Å². The van der Waals surface area contributed by atoms with Crippen LogP contribution in [-0.2, 0) is 4.74 Å². The van der Waals surface area contributed by atoms with Crippen molar-refractivity contribution in [3.8, 4) is 0 Å². The van der Waals surface area contributed by atoms with Gasteiger partial charge in [0.05, 0.1) is 13.2 Å². The number of morpholine rings is 1. The number of benzene rings is 1. The van der Waals surface area contributed by atoms with Crippen molar-refractivity contribution in [3.05, 3.63) is 41.7 Å². The molecule has 27 heavy (non-hydrogen) atoms. The van der Waals surface area contributed by atoms with Crippen LogP contribution in [-0.4, -0.2) is 60.2 Å². The number of hydrogen-bond acceptors (Lipinski definition) is 8. The topological polar surface area (TPSA) is 117 Å². The van der Waals surface area contributed by atoms with Crippen LogP contribution in [0.25, 0.3) is 0 Å². The van der Waals surface area contributed by atoms with Crippen molar-refractivity contribution >= 4 is 23.2 Å². The Morgan fingerprint density at radius 3 is 2.74 bits per heavy atom. The van der Waals surface area contributed by atoms with Crippen molar-refractivity contribution < 1.29 is 9.53 Å². The molecule has 9 nitrogen and oxygen atoms in total. The summed E-state index contributed by atoms with van der Waals surface area (Å²) < 4.78 is 5.34. The zero-order chi connectivity index (χ0) is 19.1. The lowest BCUT2D eigenvalue weighted by atomic mass is 10.1. The number of rotatable bonds is 7. The Balaban J connectivity index is 1.54. The van der Waals surface area contributed by atoms with E-state index in [1.165, 1.54) is 6.33 Å². The number of nitrogens with zero attached hydrogens (tertiary/aromatic N) is 3. The number of nitrogen functional groups attached to an aromatic ring is 1. The molecule has 0 bridgehead atoms. The monoisotopic (exact) mass is 371 g/mol. The van der Waals surface area contributed by atoms with Crippen LogP contribution in [0, 0.1) is 6.92 Å². The molecule has 144 valence electrons. The summed E-state index contributed by atoms with van der Waals surface area (Å²) in [5.41, 5.74) is 13.3. The molecule has 0 spiro atoms. The van der Waals surface area contributed by atoms with Crippen molar-refractivity contribution in [2.24, 2.45) is 0 Å². The van der Waals surface area contributed by atoms with Crippen LogP contribution in [0.3, 0.4) is 0 Å². The van der Waals surface area contributed by atoms with Gasteiger partial charge >= 0.3 is 0 Å².